The molecule has 1 aromatic carbocycles. The number of carbonyl (C=O) groups is 1. The van der Waals surface area contributed by atoms with Gasteiger partial charge in [0, 0.05) is 11.6 Å². The van der Waals surface area contributed by atoms with E-state index in [-0.39, 0.29) is 6.04 Å². The van der Waals surface area contributed by atoms with Crippen LogP contribution in [0.5, 0.6) is 5.75 Å². The van der Waals surface area contributed by atoms with Crippen LogP contribution in [0.4, 0.5) is 0 Å². The van der Waals surface area contributed by atoms with Crippen LogP contribution in [0.15, 0.2) is 24.3 Å². The van der Waals surface area contributed by atoms with Crippen molar-refractivity contribution < 1.29 is 14.6 Å². The number of hydrogen-bond acceptors (Lipinski definition) is 3. The number of para-hydroxylation sites is 1. The van der Waals surface area contributed by atoms with Crippen molar-refractivity contribution in [2.75, 3.05) is 0 Å². The SMILES string of the molecule is CCCC(Oc1ccccc1[C@@H](C)N)C(=O)O. The van der Waals surface area contributed by atoms with Crippen molar-refractivity contribution >= 4 is 5.97 Å². The summed E-state index contributed by atoms with van der Waals surface area (Å²) >= 11 is 0. The number of benzene rings is 1. The van der Waals surface area contributed by atoms with E-state index >= 15 is 0 Å². The molecule has 1 rings (SSSR count). The van der Waals surface area contributed by atoms with Gasteiger partial charge < -0.3 is 15.6 Å². The monoisotopic (exact) mass is 237 g/mol. The van der Waals surface area contributed by atoms with Gasteiger partial charge in [-0.05, 0) is 19.4 Å². The first-order valence-electron chi connectivity index (χ1n) is 5.80. The van der Waals surface area contributed by atoms with Crippen molar-refractivity contribution in [2.45, 2.75) is 38.8 Å². The molecule has 3 N–H and O–H groups in total. The molecule has 4 nitrogen and oxygen atoms in total. The molecule has 17 heavy (non-hydrogen) atoms. The molecule has 0 saturated carbocycles. The second-order valence-corrected chi connectivity index (χ2v) is 4.06. The molecule has 0 fully saturated rings. The maximum Gasteiger partial charge on any atom is 0.344 e. The van der Waals surface area contributed by atoms with Crippen molar-refractivity contribution in [3.05, 3.63) is 29.8 Å². The molecule has 2 atom stereocenters. The summed E-state index contributed by atoms with van der Waals surface area (Å²) in [6.07, 6.45) is 0.444. The molecule has 0 saturated heterocycles. The smallest absolute Gasteiger partial charge is 0.344 e. The van der Waals surface area contributed by atoms with E-state index in [4.69, 9.17) is 15.6 Å². The lowest BCUT2D eigenvalue weighted by atomic mass is 10.1. The van der Waals surface area contributed by atoms with E-state index in [2.05, 4.69) is 0 Å². The maximum atomic E-state index is 11.0. The standard InChI is InChI=1S/C13H19NO3/c1-3-6-12(13(15)16)17-11-8-5-4-7-10(11)9(2)14/h4-5,7-9,12H,3,6,14H2,1-2H3,(H,15,16)/t9-,12?/m1/s1. The quantitative estimate of drug-likeness (QED) is 0.796. The fraction of sp³-hybridized carbons (Fsp3) is 0.462. The molecule has 1 unspecified atom stereocenters. The fourth-order valence-corrected chi connectivity index (χ4v) is 1.61. The second-order valence-electron chi connectivity index (χ2n) is 4.06. The molecule has 0 aliphatic carbocycles. The molecule has 0 bridgehead atoms. The average Bonchev–Trinajstić information content (AvgIpc) is 2.28. The summed E-state index contributed by atoms with van der Waals surface area (Å²) in [5.74, 6) is -0.380. The Hall–Kier alpha value is -1.55. The van der Waals surface area contributed by atoms with Gasteiger partial charge >= 0.3 is 5.97 Å². The zero-order chi connectivity index (χ0) is 12.8. The average molecular weight is 237 g/mol. The van der Waals surface area contributed by atoms with Gasteiger partial charge in [0.1, 0.15) is 5.75 Å². The van der Waals surface area contributed by atoms with Gasteiger partial charge in [-0.15, -0.1) is 0 Å². The molecule has 0 heterocycles. The van der Waals surface area contributed by atoms with Crippen LogP contribution in [-0.4, -0.2) is 17.2 Å². The summed E-state index contributed by atoms with van der Waals surface area (Å²) in [5.41, 5.74) is 6.64. The van der Waals surface area contributed by atoms with E-state index in [0.717, 1.165) is 12.0 Å². The van der Waals surface area contributed by atoms with E-state index in [1.807, 2.05) is 32.0 Å². The third-order valence-electron chi connectivity index (χ3n) is 2.51. The summed E-state index contributed by atoms with van der Waals surface area (Å²) in [6.45, 7) is 3.77. The van der Waals surface area contributed by atoms with Crippen molar-refractivity contribution in [1.29, 1.82) is 0 Å². The number of aliphatic carboxylic acids is 1. The Kier molecular flexibility index (Phi) is 4.97. The van der Waals surface area contributed by atoms with E-state index < -0.39 is 12.1 Å². The highest BCUT2D eigenvalue weighted by Crippen LogP contribution is 2.25. The minimum absolute atomic E-state index is 0.178. The van der Waals surface area contributed by atoms with Gasteiger partial charge in [0.2, 0.25) is 0 Å². The molecule has 0 spiro atoms. The number of carboxylic acid groups (broad SMARTS) is 1. The van der Waals surface area contributed by atoms with Crippen molar-refractivity contribution in [1.82, 2.24) is 0 Å². The molecule has 4 heteroatoms. The normalized spacial score (nSPS) is 14.1. The van der Waals surface area contributed by atoms with Gasteiger partial charge in [-0.3, -0.25) is 0 Å². The topological polar surface area (TPSA) is 72.5 Å². The van der Waals surface area contributed by atoms with Gasteiger partial charge in [0.15, 0.2) is 6.10 Å². The number of nitrogens with two attached hydrogens (primary N) is 1. The minimum atomic E-state index is -0.939. The first-order chi connectivity index (χ1) is 8.06. The first kappa shape index (κ1) is 13.5. The van der Waals surface area contributed by atoms with Crippen molar-refractivity contribution in [2.24, 2.45) is 5.73 Å². The Morgan fingerprint density at radius 3 is 2.65 bits per heavy atom. The van der Waals surface area contributed by atoms with Crippen LogP contribution in [-0.2, 0) is 4.79 Å². The predicted octanol–water partition coefficient (Wildman–Crippen LogP) is 2.34. The third-order valence-corrected chi connectivity index (χ3v) is 2.51. The molecular formula is C13H19NO3. The Balaban J connectivity index is 2.88. The Morgan fingerprint density at radius 2 is 2.12 bits per heavy atom. The molecule has 94 valence electrons. The van der Waals surface area contributed by atoms with Crippen LogP contribution in [0.25, 0.3) is 0 Å². The van der Waals surface area contributed by atoms with Crippen LogP contribution in [0.3, 0.4) is 0 Å². The molecule has 0 aliphatic rings. The first-order valence-corrected chi connectivity index (χ1v) is 5.80. The van der Waals surface area contributed by atoms with Crippen LogP contribution >= 0.6 is 0 Å². The van der Waals surface area contributed by atoms with E-state index in [1.54, 1.807) is 6.07 Å². The van der Waals surface area contributed by atoms with Crippen LogP contribution < -0.4 is 10.5 Å². The number of rotatable bonds is 6. The highest BCUT2D eigenvalue weighted by Gasteiger charge is 2.20. The van der Waals surface area contributed by atoms with Gasteiger partial charge in [-0.2, -0.15) is 0 Å². The lowest BCUT2D eigenvalue weighted by Gasteiger charge is -2.18. The minimum Gasteiger partial charge on any atom is -0.479 e. The molecule has 0 amide bonds. The lowest BCUT2D eigenvalue weighted by Crippen LogP contribution is -2.27. The van der Waals surface area contributed by atoms with Crippen molar-refractivity contribution in [3.63, 3.8) is 0 Å². The Bertz CT molecular complexity index is 377. The largest absolute Gasteiger partial charge is 0.479 e. The Labute approximate surface area is 101 Å². The van der Waals surface area contributed by atoms with E-state index in [0.29, 0.717) is 12.2 Å². The van der Waals surface area contributed by atoms with Gasteiger partial charge in [0.25, 0.3) is 0 Å². The molecule has 0 aromatic heterocycles. The zero-order valence-corrected chi connectivity index (χ0v) is 10.2. The van der Waals surface area contributed by atoms with Gasteiger partial charge in [0.05, 0.1) is 0 Å². The highest BCUT2D eigenvalue weighted by molar-refractivity contribution is 5.72. The highest BCUT2D eigenvalue weighted by atomic mass is 16.5. The zero-order valence-electron chi connectivity index (χ0n) is 10.2. The lowest BCUT2D eigenvalue weighted by molar-refractivity contribution is -0.145. The van der Waals surface area contributed by atoms with Gasteiger partial charge in [-0.1, -0.05) is 31.5 Å². The van der Waals surface area contributed by atoms with Gasteiger partial charge in [-0.25, -0.2) is 4.79 Å². The summed E-state index contributed by atoms with van der Waals surface area (Å²) in [7, 11) is 0. The van der Waals surface area contributed by atoms with E-state index in [1.165, 1.54) is 0 Å². The molecule has 0 aliphatic heterocycles. The number of ether oxygens (including phenoxy) is 1. The number of hydrogen-bond donors (Lipinski definition) is 2. The van der Waals surface area contributed by atoms with E-state index in [9.17, 15) is 4.79 Å². The molecular weight excluding hydrogens is 218 g/mol. The molecule has 1 aromatic rings. The summed E-state index contributed by atoms with van der Waals surface area (Å²) in [4.78, 5) is 11.0. The predicted molar refractivity (Wildman–Crippen MR) is 66.0 cm³/mol. The summed E-state index contributed by atoms with van der Waals surface area (Å²) in [6, 6.07) is 7.10. The third kappa shape index (κ3) is 3.75. The second kappa shape index (κ2) is 6.25. The fourth-order valence-electron chi connectivity index (χ4n) is 1.61. The van der Waals surface area contributed by atoms with Crippen LogP contribution in [0, 0.1) is 0 Å². The summed E-state index contributed by atoms with van der Waals surface area (Å²) < 4.78 is 5.53. The maximum absolute atomic E-state index is 11.0. The van der Waals surface area contributed by atoms with Crippen molar-refractivity contribution in [3.8, 4) is 5.75 Å². The van der Waals surface area contributed by atoms with Crippen LogP contribution in [0.2, 0.25) is 0 Å². The molecule has 0 radical (unpaired) electrons. The Morgan fingerprint density at radius 1 is 1.47 bits per heavy atom. The summed E-state index contributed by atoms with van der Waals surface area (Å²) in [5, 5.41) is 9.04. The number of carboxylic acids is 1. The van der Waals surface area contributed by atoms with Crippen LogP contribution in [0.1, 0.15) is 38.3 Å².